The number of hydrogen-bond donors (Lipinski definition) is 1. The van der Waals surface area contributed by atoms with Gasteiger partial charge in [-0.25, -0.2) is 0 Å². The monoisotopic (exact) mass is 384 g/mol. The number of halogens is 3. The van der Waals surface area contributed by atoms with Crippen molar-refractivity contribution in [3.8, 4) is 5.75 Å². The van der Waals surface area contributed by atoms with Gasteiger partial charge in [0.05, 0.1) is 17.2 Å². The molecule has 1 saturated heterocycles. The van der Waals surface area contributed by atoms with Gasteiger partial charge in [0.15, 0.2) is 0 Å². The van der Waals surface area contributed by atoms with Crippen LogP contribution in [0.1, 0.15) is 0 Å². The smallest absolute Gasteiger partial charge is 0.133 e. The van der Waals surface area contributed by atoms with Gasteiger partial charge >= 0.3 is 0 Å². The van der Waals surface area contributed by atoms with E-state index in [0.717, 1.165) is 36.5 Å². The average molecular weight is 386 g/mol. The van der Waals surface area contributed by atoms with Crippen LogP contribution in [-0.2, 0) is 4.74 Å². The lowest BCUT2D eigenvalue weighted by molar-refractivity contribution is -0.0261. The Bertz CT molecular complexity index is 423. The van der Waals surface area contributed by atoms with Gasteiger partial charge in [-0.2, -0.15) is 0 Å². The summed E-state index contributed by atoms with van der Waals surface area (Å²) < 4.78 is 12.1. The second-order valence-corrected chi connectivity index (χ2v) is 5.74. The number of nitrogens with zero attached hydrogens (tertiary/aromatic N) is 1. The molecule has 20 heavy (non-hydrogen) atoms. The van der Waals surface area contributed by atoms with E-state index in [-0.39, 0.29) is 18.5 Å². The molecule has 0 radical (unpaired) electrons. The van der Waals surface area contributed by atoms with Crippen LogP contribution in [0.2, 0.25) is 5.02 Å². The summed E-state index contributed by atoms with van der Waals surface area (Å²) in [6.07, 6.45) is 0.149. The largest absolute Gasteiger partial charge is 0.491 e. The second-order valence-electron chi connectivity index (χ2n) is 4.45. The molecule has 1 aliphatic rings. The Morgan fingerprint density at radius 1 is 1.50 bits per heavy atom. The molecule has 1 unspecified atom stereocenters. The van der Waals surface area contributed by atoms with Gasteiger partial charge < -0.3 is 15.2 Å². The maximum Gasteiger partial charge on any atom is 0.133 e. The fourth-order valence-electron chi connectivity index (χ4n) is 2.00. The molecular formula is C13H19BrCl2N2O2. The third-order valence-corrected chi connectivity index (χ3v) is 3.90. The number of morpholine rings is 1. The van der Waals surface area contributed by atoms with Gasteiger partial charge in [-0.15, -0.1) is 12.4 Å². The highest BCUT2D eigenvalue weighted by Gasteiger charge is 2.18. The van der Waals surface area contributed by atoms with Crippen molar-refractivity contribution in [3.05, 3.63) is 27.7 Å². The third-order valence-electron chi connectivity index (χ3n) is 3.04. The number of hydrogen-bond acceptors (Lipinski definition) is 4. The topological polar surface area (TPSA) is 47.7 Å². The van der Waals surface area contributed by atoms with E-state index in [1.165, 1.54) is 0 Å². The normalized spacial score (nSPS) is 19.4. The Kier molecular flexibility index (Phi) is 8.17. The Labute approximate surface area is 139 Å². The molecule has 0 aromatic heterocycles. The predicted molar refractivity (Wildman–Crippen MR) is 87.1 cm³/mol. The molecule has 1 fully saturated rings. The number of ether oxygens (including phenoxy) is 2. The zero-order valence-electron chi connectivity index (χ0n) is 11.1. The minimum absolute atomic E-state index is 0. The minimum Gasteiger partial charge on any atom is -0.491 e. The molecule has 2 rings (SSSR count). The highest BCUT2D eigenvalue weighted by atomic mass is 79.9. The molecule has 0 amide bonds. The van der Waals surface area contributed by atoms with Gasteiger partial charge in [-0.3, -0.25) is 4.90 Å². The molecule has 1 heterocycles. The summed E-state index contributed by atoms with van der Waals surface area (Å²) in [6, 6.07) is 5.52. The first-order valence-corrected chi connectivity index (χ1v) is 7.48. The van der Waals surface area contributed by atoms with Crippen LogP contribution in [0.3, 0.4) is 0 Å². The summed E-state index contributed by atoms with van der Waals surface area (Å²) in [7, 11) is 0. The molecule has 1 aliphatic heterocycles. The molecule has 1 aromatic rings. The zero-order valence-corrected chi connectivity index (χ0v) is 14.2. The van der Waals surface area contributed by atoms with E-state index in [2.05, 4.69) is 20.8 Å². The van der Waals surface area contributed by atoms with E-state index in [0.29, 0.717) is 18.2 Å². The SMILES string of the molecule is Cl.NCC1CN(CCOc2ccc(Cl)cc2Br)CCO1. The lowest BCUT2D eigenvalue weighted by atomic mass is 10.3. The summed E-state index contributed by atoms with van der Waals surface area (Å²) >= 11 is 9.32. The Morgan fingerprint density at radius 3 is 3.00 bits per heavy atom. The fraction of sp³-hybridized carbons (Fsp3) is 0.538. The van der Waals surface area contributed by atoms with Crippen molar-refractivity contribution in [1.82, 2.24) is 4.90 Å². The molecule has 7 heteroatoms. The first kappa shape index (κ1) is 18.0. The summed E-state index contributed by atoms with van der Waals surface area (Å²) in [5.74, 6) is 0.813. The van der Waals surface area contributed by atoms with Crippen LogP contribution >= 0.6 is 39.9 Å². The van der Waals surface area contributed by atoms with Crippen molar-refractivity contribution < 1.29 is 9.47 Å². The van der Waals surface area contributed by atoms with Crippen LogP contribution in [0.4, 0.5) is 0 Å². The number of nitrogens with two attached hydrogens (primary N) is 1. The van der Waals surface area contributed by atoms with Crippen molar-refractivity contribution in [3.63, 3.8) is 0 Å². The van der Waals surface area contributed by atoms with Gasteiger partial charge in [0.1, 0.15) is 12.4 Å². The Morgan fingerprint density at radius 2 is 2.30 bits per heavy atom. The Balaban J connectivity index is 0.00000200. The minimum atomic E-state index is 0. The fourth-order valence-corrected chi connectivity index (χ4v) is 2.80. The maximum absolute atomic E-state index is 5.89. The zero-order chi connectivity index (χ0) is 13.7. The van der Waals surface area contributed by atoms with Gasteiger partial charge in [0.25, 0.3) is 0 Å². The summed E-state index contributed by atoms with van der Waals surface area (Å²) in [6.45, 7) is 4.63. The van der Waals surface area contributed by atoms with E-state index >= 15 is 0 Å². The molecule has 0 spiro atoms. The van der Waals surface area contributed by atoms with Crippen LogP contribution in [0.15, 0.2) is 22.7 Å². The van der Waals surface area contributed by atoms with Crippen LogP contribution in [-0.4, -0.2) is 50.4 Å². The van der Waals surface area contributed by atoms with Gasteiger partial charge in [0.2, 0.25) is 0 Å². The first-order chi connectivity index (χ1) is 9.19. The predicted octanol–water partition coefficient (Wildman–Crippen LogP) is 2.56. The second kappa shape index (κ2) is 9.07. The molecule has 1 aromatic carbocycles. The van der Waals surface area contributed by atoms with Gasteiger partial charge in [-0.05, 0) is 34.1 Å². The van der Waals surface area contributed by atoms with Crippen molar-refractivity contribution in [2.75, 3.05) is 39.4 Å². The standard InChI is InChI=1S/C13H18BrClN2O2.ClH/c14-12-7-10(15)1-2-13(12)19-6-4-17-3-5-18-11(8-16)9-17;/h1-2,7,11H,3-6,8-9,16H2;1H. The maximum atomic E-state index is 5.89. The average Bonchev–Trinajstić information content (AvgIpc) is 2.41. The lowest BCUT2D eigenvalue weighted by Gasteiger charge is -2.32. The van der Waals surface area contributed by atoms with Gasteiger partial charge in [0, 0.05) is 31.2 Å². The van der Waals surface area contributed by atoms with E-state index in [1.54, 1.807) is 0 Å². The summed E-state index contributed by atoms with van der Waals surface area (Å²) in [5, 5.41) is 0.693. The molecule has 114 valence electrons. The molecule has 2 N–H and O–H groups in total. The van der Waals surface area contributed by atoms with Crippen LogP contribution in [0, 0.1) is 0 Å². The molecule has 0 aliphatic carbocycles. The first-order valence-electron chi connectivity index (χ1n) is 6.31. The highest BCUT2D eigenvalue weighted by Crippen LogP contribution is 2.27. The molecule has 0 bridgehead atoms. The lowest BCUT2D eigenvalue weighted by Crippen LogP contribution is -2.46. The van der Waals surface area contributed by atoms with Crippen LogP contribution in [0.5, 0.6) is 5.75 Å². The van der Waals surface area contributed by atoms with Crippen molar-refractivity contribution in [2.24, 2.45) is 5.73 Å². The van der Waals surface area contributed by atoms with Crippen LogP contribution in [0.25, 0.3) is 0 Å². The number of rotatable bonds is 5. The number of benzene rings is 1. The summed E-state index contributed by atoms with van der Waals surface area (Å²) in [5.41, 5.74) is 5.62. The van der Waals surface area contributed by atoms with E-state index < -0.39 is 0 Å². The quantitative estimate of drug-likeness (QED) is 0.846. The third kappa shape index (κ3) is 5.39. The van der Waals surface area contributed by atoms with E-state index in [1.807, 2.05) is 18.2 Å². The Hall–Kier alpha value is -0.0400. The van der Waals surface area contributed by atoms with Crippen LogP contribution < -0.4 is 10.5 Å². The van der Waals surface area contributed by atoms with E-state index in [9.17, 15) is 0 Å². The molecular weight excluding hydrogens is 367 g/mol. The molecule has 0 saturated carbocycles. The summed E-state index contributed by atoms with van der Waals surface area (Å²) in [4.78, 5) is 2.31. The molecule has 4 nitrogen and oxygen atoms in total. The van der Waals surface area contributed by atoms with E-state index in [4.69, 9.17) is 26.8 Å². The molecule has 1 atom stereocenters. The highest BCUT2D eigenvalue weighted by molar-refractivity contribution is 9.10. The van der Waals surface area contributed by atoms with Crippen molar-refractivity contribution in [1.29, 1.82) is 0 Å². The van der Waals surface area contributed by atoms with Crippen molar-refractivity contribution >= 4 is 39.9 Å². The van der Waals surface area contributed by atoms with Gasteiger partial charge in [-0.1, -0.05) is 11.6 Å². The van der Waals surface area contributed by atoms with Crippen molar-refractivity contribution in [2.45, 2.75) is 6.10 Å².